The molecule has 1 aromatic rings. The summed E-state index contributed by atoms with van der Waals surface area (Å²) >= 11 is 0. The number of hydrogen-bond acceptors (Lipinski definition) is 3. The van der Waals surface area contributed by atoms with Gasteiger partial charge >= 0.3 is 6.61 Å². The van der Waals surface area contributed by atoms with Crippen molar-refractivity contribution in [2.24, 2.45) is 0 Å². The highest BCUT2D eigenvalue weighted by molar-refractivity contribution is 5.80. The molecule has 0 bridgehead atoms. The predicted octanol–water partition coefficient (Wildman–Crippen LogP) is 2.11. The minimum absolute atomic E-state index is 0.0217. The zero-order valence-electron chi connectivity index (χ0n) is 7.21. The Morgan fingerprint density at radius 1 is 1.47 bits per heavy atom. The fourth-order valence-corrected chi connectivity index (χ4v) is 0.970. The lowest BCUT2D eigenvalue weighted by Crippen LogP contribution is -2.06. The first-order valence-corrected chi connectivity index (χ1v) is 3.72. The Balaban J connectivity index is 3.26. The molecule has 0 saturated heterocycles. The zero-order chi connectivity index (χ0) is 11.4. The Kier molecular flexibility index (Phi) is 3.29. The van der Waals surface area contributed by atoms with E-state index in [2.05, 4.69) is 4.74 Å². The van der Waals surface area contributed by atoms with Crippen LogP contribution in [0.5, 0.6) is 5.75 Å². The van der Waals surface area contributed by atoms with Crippen molar-refractivity contribution in [1.29, 1.82) is 5.26 Å². The normalized spacial score (nSPS) is 9.80. The molecule has 0 N–H and O–H groups in total. The maximum atomic E-state index is 13.2. The lowest BCUT2D eigenvalue weighted by Gasteiger charge is -2.07. The molecule has 0 aliphatic carbocycles. The fourth-order valence-electron chi connectivity index (χ4n) is 0.970. The predicted molar refractivity (Wildman–Crippen MR) is 43.1 cm³/mol. The van der Waals surface area contributed by atoms with Gasteiger partial charge in [-0.1, -0.05) is 0 Å². The molecule has 3 nitrogen and oxygen atoms in total. The standard InChI is InChI=1S/C9H4F3NO2/c10-8-5(3-13)1-2-7(6(8)4-14)15-9(11)12/h1-2,4,9H. The summed E-state index contributed by atoms with van der Waals surface area (Å²) in [5, 5.41) is 8.42. The fraction of sp³-hybridized carbons (Fsp3) is 0.111. The molecule has 0 aromatic heterocycles. The highest BCUT2D eigenvalue weighted by Gasteiger charge is 2.16. The van der Waals surface area contributed by atoms with Crippen LogP contribution in [0.1, 0.15) is 15.9 Å². The van der Waals surface area contributed by atoms with Gasteiger partial charge in [0, 0.05) is 0 Å². The van der Waals surface area contributed by atoms with E-state index in [1.165, 1.54) is 6.07 Å². The van der Waals surface area contributed by atoms with Crippen LogP contribution in [0.2, 0.25) is 0 Å². The Morgan fingerprint density at radius 3 is 2.60 bits per heavy atom. The van der Waals surface area contributed by atoms with Crippen molar-refractivity contribution in [3.8, 4) is 11.8 Å². The summed E-state index contributed by atoms with van der Waals surface area (Å²) in [7, 11) is 0. The van der Waals surface area contributed by atoms with Crippen LogP contribution in [0.4, 0.5) is 13.2 Å². The first-order chi connectivity index (χ1) is 7.10. The minimum Gasteiger partial charge on any atom is -0.434 e. The van der Waals surface area contributed by atoms with Crippen molar-refractivity contribution in [3.63, 3.8) is 0 Å². The van der Waals surface area contributed by atoms with Gasteiger partial charge in [-0.3, -0.25) is 4.79 Å². The number of carbonyl (C=O) groups excluding carboxylic acids is 1. The quantitative estimate of drug-likeness (QED) is 0.725. The van der Waals surface area contributed by atoms with Crippen molar-refractivity contribution in [3.05, 3.63) is 29.1 Å². The van der Waals surface area contributed by atoms with Crippen LogP contribution in [0.25, 0.3) is 0 Å². The van der Waals surface area contributed by atoms with Crippen molar-refractivity contribution in [1.82, 2.24) is 0 Å². The molecule has 0 aliphatic heterocycles. The number of ether oxygens (including phenoxy) is 1. The SMILES string of the molecule is N#Cc1ccc(OC(F)F)c(C=O)c1F. The Hall–Kier alpha value is -2.03. The lowest BCUT2D eigenvalue weighted by molar-refractivity contribution is -0.0502. The molecule has 1 rings (SSSR count). The highest BCUT2D eigenvalue weighted by Crippen LogP contribution is 2.23. The van der Waals surface area contributed by atoms with Crippen LogP contribution in [0, 0.1) is 17.1 Å². The van der Waals surface area contributed by atoms with Crippen LogP contribution in [0.15, 0.2) is 12.1 Å². The summed E-state index contributed by atoms with van der Waals surface area (Å²) < 4.78 is 40.8. The van der Waals surface area contributed by atoms with Crippen molar-refractivity contribution >= 4 is 6.29 Å². The molecule has 0 unspecified atom stereocenters. The molecule has 78 valence electrons. The summed E-state index contributed by atoms with van der Waals surface area (Å²) in [6.45, 7) is -3.16. The van der Waals surface area contributed by atoms with Gasteiger partial charge in [0.15, 0.2) is 12.1 Å². The van der Waals surface area contributed by atoms with Gasteiger partial charge in [0.2, 0.25) is 0 Å². The van der Waals surface area contributed by atoms with Gasteiger partial charge in [-0.05, 0) is 12.1 Å². The summed E-state index contributed by atoms with van der Waals surface area (Å²) in [5.41, 5.74) is -1.09. The van der Waals surface area contributed by atoms with Crippen LogP contribution in [-0.4, -0.2) is 12.9 Å². The number of alkyl halides is 2. The molecule has 6 heteroatoms. The molecule has 0 fully saturated rings. The van der Waals surface area contributed by atoms with Gasteiger partial charge in [0.25, 0.3) is 0 Å². The third-order valence-corrected chi connectivity index (χ3v) is 1.59. The third kappa shape index (κ3) is 2.26. The Morgan fingerprint density at radius 2 is 2.13 bits per heavy atom. The third-order valence-electron chi connectivity index (χ3n) is 1.59. The molecule has 0 spiro atoms. The number of carbonyl (C=O) groups is 1. The average Bonchev–Trinajstić information content (AvgIpc) is 2.18. The minimum atomic E-state index is -3.16. The Labute approximate surface area is 82.7 Å². The molecule has 0 radical (unpaired) electrons. The van der Waals surface area contributed by atoms with Crippen LogP contribution in [-0.2, 0) is 0 Å². The molecule has 0 heterocycles. The van der Waals surface area contributed by atoms with E-state index in [1.54, 1.807) is 0 Å². The van der Waals surface area contributed by atoms with Crippen molar-refractivity contribution < 1.29 is 22.7 Å². The second kappa shape index (κ2) is 4.46. The summed E-state index contributed by atoms with van der Waals surface area (Å²) in [6, 6.07) is 3.37. The lowest BCUT2D eigenvalue weighted by atomic mass is 10.1. The van der Waals surface area contributed by atoms with E-state index in [4.69, 9.17) is 5.26 Å². The zero-order valence-corrected chi connectivity index (χ0v) is 7.21. The first-order valence-electron chi connectivity index (χ1n) is 3.72. The Bertz CT molecular complexity index is 426. The van der Waals surface area contributed by atoms with E-state index in [1.807, 2.05) is 0 Å². The second-order valence-electron chi connectivity index (χ2n) is 2.45. The topological polar surface area (TPSA) is 50.1 Å². The molecular weight excluding hydrogens is 211 g/mol. The van der Waals surface area contributed by atoms with Gasteiger partial charge in [-0.25, -0.2) is 4.39 Å². The van der Waals surface area contributed by atoms with Gasteiger partial charge in [-0.15, -0.1) is 0 Å². The first kappa shape index (κ1) is 11.0. The average molecular weight is 215 g/mol. The highest BCUT2D eigenvalue weighted by atomic mass is 19.3. The second-order valence-corrected chi connectivity index (χ2v) is 2.45. The maximum Gasteiger partial charge on any atom is 0.387 e. The summed E-state index contributed by atoms with van der Waals surface area (Å²) in [4.78, 5) is 10.4. The number of hydrogen-bond donors (Lipinski definition) is 0. The van der Waals surface area contributed by atoms with Gasteiger partial charge < -0.3 is 4.74 Å². The number of aldehydes is 1. The summed E-state index contributed by atoms with van der Waals surface area (Å²) in [6.07, 6.45) is 0.0217. The van der Waals surface area contributed by atoms with E-state index >= 15 is 0 Å². The molecule has 0 atom stereocenters. The number of benzene rings is 1. The summed E-state index contributed by atoms with van der Waals surface area (Å²) in [5.74, 6) is -1.75. The number of halogens is 3. The van der Waals surface area contributed by atoms with Gasteiger partial charge in [-0.2, -0.15) is 14.0 Å². The van der Waals surface area contributed by atoms with Crippen molar-refractivity contribution in [2.75, 3.05) is 0 Å². The van der Waals surface area contributed by atoms with E-state index in [0.29, 0.717) is 0 Å². The number of rotatable bonds is 3. The molecule has 0 amide bonds. The van der Waals surface area contributed by atoms with Gasteiger partial charge in [0.1, 0.15) is 11.8 Å². The largest absolute Gasteiger partial charge is 0.434 e. The van der Waals surface area contributed by atoms with Crippen LogP contribution in [0.3, 0.4) is 0 Å². The van der Waals surface area contributed by atoms with Crippen LogP contribution < -0.4 is 4.74 Å². The molecule has 1 aromatic carbocycles. The molecule has 0 saturated carbocycles. The number of nitrogens with zero attached hydrogens (tertiary/aromatic N) is 1. The van der Waals surface area contributed by atoms with E-state index in [9.17, 15) is 18.0 Å². The number of nitriles is 1. The smallest absolute Gasteiger partial charge is 0.387 e. The van der Waals surface area contributed by atoms with E-state index in [0.717, 1.165) is 12.1 Å². The molecular formula is C9H4F3NO2. The monoisotopic (exact) mass is 215 g/mol. The van der Waals surface area contributed by atoms with Crippen LogP contribution >= 0.6 is 0 Å². The van der Waals surface area contributed by atoms with Gasteiger partial charge in [0.05, 0.1) is 11.1 Å². The maximum absolute atomic E-state index is 13.2. The van der Waals surface area contributed by atoms with E-state index in [-0.39, 0.29) is 6.29 Å². The molecule has 0 aliphatic rings. The molecule has 15 heavy (non-hydrogen) atoms. The van der Waals surface area contributed by atoms with Crippen molar-refractivity contribution in [2.45, 2.75) is 6.61 Å². The van der Waals surface area contributed by atoms with E-state index < -0.39 is 29.3 Å².